The summed E-state index contributed by atoms with van der Waals surface area (Å²) in [5.74, 6) is 0.140. The Labute approximate surface area is 184 Å². The number of hydrogen-bond acceptors (Lipinski definition) is 10. The summed E-state index contributed by atoms with van der Waals surface area (Å²) in [5.41, 5.74) is 11.2. The van der Waals surface area contributed by atoms with E-state index in [0.29, 0.717) is 31.2 Å². The van der Waals surface area contributed by atoms with Crippen molar-refractivity contribution in [2.45, 2.75) is 32.3 Å². The van der Waals surface area contributed by atoms with Crippen molar-refractivity contribution < 1.29 is 14.3 Å². The van der Waals surface area contributed by atoms with Crippen LogP contribution in [-0.4, -0.2) is 62.0 Å². The molecule has 1 aromatic carbocycles. The molecule has 0 saturated carbocycles. The molecule has 32 heavy (non-hydrogen) atoms. The van der Waals surface area contributed by atoms with Gasteiger partial charge in [-0.2, -0.15) is 20.1 Å². The second kappa shape index (κ2) is 8.26. The molecule has 3 aromatic rings. The van der Waals surface area contributed by atoms with E-state index in [1.54, 1.807) is 10.9 Å². The molecule has 2 aliphatic rings. The normalized spacial score (nSPS) is 20.8. The fourth-order valence-corrected chi connectivity index (χ4v) is 4.33. The van der Waals surface area contributed by atoms with Crippen LogP contribution >= 0.6 is 0 Å². The van der Waals surface area contributed by atoms with Crippen LogP contribution in [0.3, 0.4) is 0 Å². The Bertz CT molecular complexity index is 1160. The lowest BCUT2D eigenvalue weighted by Crippen LogP contribution is -2.56. The first-order valence-electron chi connectivity index (χ1n) is 10.3. The van der Waals surface area contributed by atoms with Crippen molar-refractivity contribution in [3.8, 4) is 12.0 Å². The highest BCUT2D eigenvalue weighted by Crippen LogP contribution is 2.30. The molecule has 5 rings (SSSR count). The van der Waals surface area contributed by atoms with Gasteiger partial charge in [0.25, 0.3) is 5.95 Å². The number of hydrogen-bond donors (Lipinski definition) is 2. The lowest BCUT2D eigenvalue weighted by molar-refractivity contribution is 0.0535. The van der Waals surface area contributed by atoms with Gasteiger partial charge < -0.3 is 15.2 Å². The Morgan fingerprint density at radius 3 is 3.03 bits per heavy atom. The Morgan fingerprint density at radius 2 is 2.19 bits per heavy atom. The topological polar surface area (TPSA) is 133 Å². The number of esters is 1. The van der Waals surface area contributed by atoms with Crippen LogP contribution in [0.2, 0.25) is 0 Å². The largest absolute Gasteiger partial charge is 0.467 e. The smallest absolute Gasteiger partial charge is 0.338 e. The van der Waals surface area contributed by atoms with Gasteiger partial charge in [-0.25, -0.2) is 9.48 Å². The van der Waals surface area contributed by atoms with E-state index >= 15 is 0 Å². The van der Waals surface area contributed by atoms with Gasteiger partial charge in [0.15, 0.2) is 0 Å². The van der Waals surface area contributed by atoms with Crippen LogP contribution in [0.15, 0.2) is 30.9 Å². The van der Waals surface area contributed by atoms with Crippen LogP contribution in [0.1, 0.15) is 38.7 Å². The van der Waals surface area contributed by atoms with Crippen LogP contribution < -0.4 is 15.8 Å². The molecule has 4 heterocycles. The predicted molar refractivity (Wildman–Crippen MR) is 113 cm³/mol. The van der Waals surface area contributed by atoms with Gasteiger partial charge >= 0.3 is 12.0 Å². The summed E-state index contributed by atoms with van der Waals surface area (Å²) >= 11 is 0. The van der Waals surface area contributed by atoms with Crippen molar-refractivity contribution in [1.82, 2.24) is 34.9 Å². The van der Waals surface area contributed by atoms with Crippen LogP contribution in [0, 0.1) is 6.92 Å². The maximum Gasteiger partial charge on any atom is 0.338 e. The number of carbonyl (C=O) groups is 1. The summed E-state index contributed by atoms with van der Waals surface area (Å²) in [5, 5.41) is 7.86. The van der Waals surface area contributed by atoms with Crippen molar-refractivity contribution in [3.63, 3.8) is 0 Å². The highest BCUT2D eigenvalue weighted by Gasteiger charge is 2.30. The van der Waals surface area contributed by atoms with Crippen LogP contribution in [0.25, 0.3) is 5.95 Å². The molecule has 0 aliphatic carbocycles. The summed E-state index contributed by atoms with van der Waals surface area (Å²) in [7, 11) is 1.51. The minimum Gasteiger partial charge on any atom is -0.467 e. The zero-order valence-corrected chi connectivity index (χ0v) is 17.9. The molecule has 1 saturated heterocycles. The lowest BCUT2D eigenvalue weighted by atomic mass is 9.93. The number of benzene rings is 1. The third-order valence-electron chi connectivity index (χ3n) is 5.86. The minimum atomic E-state index is -0.252. The number of aromatic nitrogens is 5. The van der Waals surface area contributed by atoms with E-state index in [9.17, 15) is 4.79 Å². The number of rotatable bonds is 5. The Kier molecular flexibility index (Phi) is 5.29. The van der Waals surface area contributed by atoms with Crippen molar-refractivity contribution in [1.29, 1.82) is 0 Å². The van der Waals surface area contributed by atoms with E-state index in [-0.39, 0.29) is 24.2 Å². The van der Waals surface area contributed by atoms with Crippen LogP contribution in [0.4, 0.5) is 0 Å². The first-order valence-corrected chi connectivity index (χ1v) is 10.3. The first kappa shape index (κ1) is 20.5. The van der Waals surface area contributed by atoms with Crippen LogP contribution in [0.5, 0.6) is 6.01 Å². The maximum atomic E-state index is 11.9. The number of carbonyl (C=O) groups excluding carboxylic acids is 1. The van der Waals surface area contributed by atoms with E-state index < -0.39 is 0 Å². The predicted octanol–water partition coefficient (Wildman–Crippen LogP) is 0.476. The molecular formula is C21H24N8O3. The van der Waals surface area contributed by atoms with Crippen molar-refractivity contribution in [2.24, 2.45) is 5.73 Å². The number of nitrogens with one attached hydrogen (secondary N) is 1. The van der Waals surface area contributed by atoms with Gasteiger partial charge in [0, 0.05) is 43.0 Å². The molecule has 166 valence electrons. The SMILES string of the molecule is COc1ncnc(-n2cc(CN3C[C@@H](c4ccc5c(c4C)COC5=O)N[C@@H](N)C3)cn2)n1. The molecule has 3 N–H and O–H groups in total. The number of cyclic esters (lactones) is 1. The summed E-state index contributed by atoms with van der Waals surface area (Å²) in [6.07, 6.45) is 4.89. The average Bonchev–Trinajstić information content (AvgIpc) is 3.41. The van der Waals surface area contributed by atoms with E-state index in [0.717, 1.165) is 28.8 Å². The molecule has 0 amide bonds. The molecule has 11 heteroatoms. The van der Waals surface area contributed by atoms with Crippen molar-refractivity contribution >= 4 is 5.97 Å². The Morgan fingerprint density at radius 1 is 1.31 bits per heavy atom. The summed E-state index contributed by atoms with van der Waals surface area (Å²) in [6, 6.07) is 4.13. The van der Waals surface area contributed by atoms with Crippen molar-refractivity contribution in [2.75, 3.05) is 20.2 Å². The number of nitrogens with two attached hydrogens (primary N) is 1. The second-order valence-electron chi connectivity index (χ2n) is 7.97. The van der Waals surface area contributed by atoms with Crippen LogP contribution in [-0.2, 0) is 17.9 Å². The highest BCUT2D eigenvalue weighted by molar-refractivity contribution is 5.94. The van der Waals surface area contributed by atoms with E-state index in [1.165, 1.54) is 13.4 Å². The second-order valence-corrected chi connectivity index (χ2v) is 7.97. The first-order chi connectivity index (χ1) is 15.5. The summed E-state index contributed by atoms with van der Waals surface area (Å²) in [6.45, 7) is 4.52. The van der Waals surface area contributed by atoms with Gasteiger partial charge in [0.1, 0.15) is 12.9 Å². The number of fused-ring (bicyclic) bond motifs is 1. The van der Waals surface area contributed by atoms with Gasteiger partial charge in [-0.3, -0.25) is 10.2 Å². The average molecular weight is 436 g/mol. The number of nitrogens with zero attached hydrogens (tertiary/aromatic N) is 6. The number of methoxy groups -OCH3 is 1. The molecule has 0 radical (unpaired) electrons. The number of ether oxygens (including phenoxy) is 2. The molecule has 0 spiro atoms. The fraction of sp³-hybridized carbons (Fsp3) is 0.381. The van der Waals surface area contributed by atoms with E-state index in [1.807, 2.05) is 25.3 Å². The molecule has 2 aliphatic heterocycles. The summed E-state index contributed by atoms with van der Waals surface area (Å²) < 4.78 is 11.8. The zero-order chi connectivity index (χ0) is 22.2. The Balaban J connectivity index is 1.33. The third kappa shape index (κ3) is 3.81. The maximum absolute atomic E-state index is 11.9. The molecule has 0 bridgehead atoms. The standard InChI is InChI=1S/C21H24N8O3/c1-12-14(3-4-15-16(12)10-32-19(15)30)17-8-28(9-18(22)26-17)6-13-5-25-29(7-13)20-23-11-24-21(27-20)31-2/h3-5,7,11,17-18,26H,6,8-10,22H2,1-2H3/t17-,18+/m0/s1. The Hall–Kier alpha value is -3.41. The molecule has 1 fully saturated rings. The van der Waals surface area contributed by atoms with Gasteiger partial charge in [-0.1, -0.05) is 6.07 Å². The number of piperazine rings is 1. The van der Waals surface area contributed by atoms with Gasteiger partial charge in [0.05, 0.1) is 25.0 Å². The fourth-order valence-electron chi connectivity index (χ4n) is 4.33. The van der Waals surface area contributed by atoms with E-state index in [4.69, 9.17) is 15.2 Å². The molecule has 2 atom stereocenters. The summed E-state index contributed by atoms with van der Waals surface area (Å²) in [4.78, 5) is 26.4. The zero-order valence-electron chi connectivity index (χ0n) is 17.9. The van der Waals surface area contributed by atoms with Gasteiger partial charge in [-0.05, 0) is 24.1 Å². The molecule has 0 unspecified atom stereocenters. The monoisotopic (exact) mass is 436 g/mol. The quantitative estimate of drug-likeness (QED) is 0.544. The lowest BCUT2D eigenvalue weighted by Gasteiger charge is -2.38. The van der Waals surface area contributed by atoms with Gasteiger partial charge in [-0.15, -0.1) is 0 Å². The highest BCUT2D eigenvalue weighted by atomic mass is 16.5. The molecule has 2 aromatic heterocycles. The van der Waals surface area contributed by atoms with E-state index in [2.05, 4.69) is 30.3 Å². The van der Waals surface area contributed by atoms with Crippen molar-refractivity contribution in [3.05, 3.63) is 58.7 Å². The molecular weight excluding hydrogens is 412 g/mol. The third-order valence-corrected chi connectivity index (χ3v) is 5.86. The van der Waals surface area contributed by atoms with Gasteiger partial charge in [0.2, 0.25) is 0 Å². The minimum absolute atomic E-state index is 0.0441. The molecule has 11 nitrogen and oxygen atoms in total.